The van der Waals surface area contributed by atoms with Crippen molar-refractivity contribution < 1.29 is 0 Å². The normalized spacial score (nSPS) is 11.7. The van der Waals surface area contributed by atoms with Gasteiger partial charge < -0.3 is 4.57 Å². The van der Waals surface area contributed by atoms with E-state index in [1.165, 1.54) is 4.88 Å². The van der Waals surface area contributed by atoms with Crippen LogP contribution in [0.15, 0.2) is 25.5 Å². The van der Waals surface area contributed by atoms with E-state index in [-0.39, 0.29) is 11.2 Å². The fourth-order valence-corrected chi connectivity index (χ4v) is 4.77. The summed E-state index contributed by atoms with van der Waals surface area (Å²) in [6.07, 6.45) is 1.83. The van der Waals surface area contributed by atoms with Crippen LogP contribution in [0.4, 0.5) is 0 Å². The number of hydrogen-bond acceptors (Lipinski definition) is 5. The second kappa shape index (κ2) is 8.53. The summed E-state index contributed by atoms with van der Waals surface area (Å²) < 4.78 is 4.61. The van der Waals surface area contributed by atoms with Gasteiger partial charge in [-0.2, -0.15) is 0 Å². The van der Waals surface area contributed by atoms with Crippen molar-refractivity contribution in [2.24, 2.45) is 0 Å². The number of nitrogens with zero attached hydrogens (tertiary/aromatic N) is 4. The molecule has 9 heteroatoms. The quantitative estimate of drug-likeness (QED) is 0.568. The summed E-state index contributed by atoms with van der Waals surface area (Å²) in [5.74, 6) is 0.798. The minimum atomic E-state index is -0.384. The maximum atomic E-state index is 12.5. The van der Waals surface area contributed by atoms with Gasteiger partial charge in [-0.25, -0.2) is 9.78 Å². The van der Waals surface area contributed by atoms with Crippen molar-refractivity contribution in [1.82, 2.24) is 24.0 Å². The molecule has 27 heavy (non-hydrogen) atoms. The molecule has 7 nitrogen and oxygen atoms in total. The zero-order valence-corrected chi connectivity index (χ0v) is 18.2. The van der Waals surface area contributed by atoms with Gasteiger partial charge in [0.2, 0.25) is 0 Å². The molecule has 0 aliphatic rings. The van der Waals surface area contributed by atoms with Crippen LogP contribution in [0.5, 0.6) is 0 Å². The van der Waals surface area contributed by atoms with E-state index in [0.717, 1.165) is 29.0 Å². The predicted molar refractivity (Wildman–Crippen MR) is 112 cm³/mol. The smallest absolute Gasteiger partial charge is 0.321 e. The molecule has 0 bridgehead atoms. The number of thiophene rings is 1. The predicted octanol–water partition coefficient (Wildman–Crippen LogP) is 3.16. The van der Waals surface area contributed by atoms with Crippen molar-refractivity contribution >= 4 is 38.4 Å². The Balaban J connectivity index is 1.98. The number of halogens is 1. The lowest BCUT2D eigenvalue weighted by Gasteiger charge is -2.15. The molecule has 3 aromatic rings. The molecule has 0 spiro atoms. The summed E-state index contributed by atoms with van der Waals surface area (Å²) in [4.78, 5) is 35.3. The average molecular weight is 454 g/mol. The number of fused-ring (bicyclic) bond motifs is 1. The minimum Gasteiger partial charge on any atom is -0.321 e. The second-order valence-corrected chi connectivity index (χ2v) is 9.13. The fourth-order valence-electron chi connectivity index (χ4n) is 3.20. The average Bonchev–Trinajstić information content (AvgIpc) is 3.18. The summed E-state index contributed by atoms with van der Waals surface area (Å²) >= 11 is 5.20. The zero-order valence-electron chi connectivity index (χ0n) is 15.8. The van der Waals surface area contributed by atoms with Crippen molar-refractivity contribution in [2.75, 3.05) is 7.05 Å². The Morgan fingerprint density at radius 3 is 2.63 bits per heavy atom. The van der Waals surface area contributed by atoms with Gasteiger partial charge in [-0.15, -0.1) is 11.3 Å². The van der Waals surface area contributed by atoms with E-state index in [9.17, 15) is 9.59 Å². The first-order chi connectivity index (χ1) is 12.9. The lowest BCUT2D eigenvalue weighted by atomic mass is 10.3. The van der Waals surface area contributed by atoms with Gasteiger partial charge >= 0.3 is 5.69 Å². The van der Waals surface area contributed by atoms with E-state index >= 15 is 0 Å². The Morgan fingerprint density at radius 1 is 1.22 bits per heavy atom. The molecule has 0 aromatic carbocycles. The van der Waals surface area contributed by atoms with Crippen molar-refractivity contribution in [2.45, 2.75) is 52.9 Å². The number of nitrogens with one attached hydrogen (secondary N) is 1. The Bertz CT molecular complexity index is 1050. The molecule has 0 saturated carbocycles. The molecule has 3 aromatic heterocycles. The third kappa shape index (κ3) is 4.25. The number of aromatic nitrogens is 4. The maximum absolute atomic E-state index is 12.5. The van der Waals surface area contributed by atoms with Crippen LogP contribution in [-0.2, 0) is 26.2 Å². The van der Waals surface area contributed by atoms with Crippen LogP contribution in [0, 0.1) is 0 Å². The van der Waals surface area contributed by atoms with Crippen molar-refractivity contribution in [3.63, 3.8) is 0 Å². The van der Waals surface area contributed by atoms with Gasteiger partial charge in [-0.1, -0.05) is 13.3 Å². The van der Waals surface area contributed by atoms with Crippen molar-refractivity contribution in [3.8, 4) is 0 Å². The van der Waals surface area contributed by atoms with E-state index in [0.29, 0.717) is 30.8 Å². The molecule has 0 radical (unpaired) electrons. The van der Waals surface area contributed by atoms with Gasteiger partial charge in [0.05, 0.1) is 10.3 Å². The molecular formula is C18H24BrN5O2S. The van der Waals surface area contributed by atoms with E-state index in [1.54, 1.807) is 15.9 Å². The van der Waals surface area contributed by atoms with Crippen LogP contribution < -0.4 is 11.2 Å². The van der Waals surface area contributed by atoms with Crippen molar-refractivity contribution in [3.05, 3.63) is 47.5 Å². The summed E-state index contributed by atoms with van der Waals surface area (Å²) in [6.45, 7) is 6.63. The zero-order chi connectivity index (χ0) is 19.6. The molecule has 0 unspecified atom stereocenters. The molecule has 0 aliphatic heterocycles. The van der Waals surface area contributed by atoms with Crippen LogP contribution in [0.1, 0.15) is 37.4 Å². The fraction of sp³-hybridized carbons (Fsp3) is 0.500. The van der Waals surface area contributed by atoms with Crippen LogP contribution in [0.2, 0.25) is 0 Å². The molecule has 0 saturated heterocycles. The highest BCUT2D eigenvalue weighted by Crippen LogP contribution is 2.23. The van der Waals surface area contributed by atoms with Crippen LogP contribution in [0.25, 0.3) is 11.2 Å². The van der Waals surface area contributed by atoms with Gasteiger partial charge in [0, 0.05) is 24.5 Å². The highest BCUT2D eigenvalue weighted by Gasteiger charge is 2.18. The molecule has 0 atom stereocenters. The molecule has 3 rings (SSSR count). The lowest BCUT2D eigenvalue weighted by Crippen LogP contribution is -2.31. The summed E-state index contributed by atoms with van der Waals surface area (Å²) in [7, 11) is 2.03. The van der Waals surface area contributed by atoms with E-state index in [4.69, 9.17) is 4.98 Å². The van der Waals surface area contributed by atoms with Gasteiger partial charge in [0.1, 0.15) is 5.82 Å². The monoisotopic (exact) mass is 453 g/mol. The Kier molecular flexibility index (Phi) is 6.33. The number of hydrogen-bond donors (Lipinski definition) is 1. The van der Waals surface area contributed by atoms with E-state index in [1.807, 2.05) is 24.6 Å². The first-order valence-corrected chi connectivity index (χ1v) is 10.7. The van der Waals surface area contributed by atoms with Gasteiger partial charge in [0.15, 0.2) is 11.2 Å². The number of unbranched alkanes of at least 4 members (excludes halogenated alkanes) is 1. The highest BCUT2D eigenvalue weighted by atomic mass is 79.9. The highest BCUT2D eigenvalue weighted by molar-refractivity contribution is 9.11. The Labute approximate surface area is 169 Å². The maximum Gasteiger partial charge on any atom is 0.330 e. The molecule has 0 aliphatic carbocycles. The Morgan fingerprint density at radius 2 is 2.00 bits per heavy atom. The van der Waals surface area contributed by atoms with E-state index < -0.39 is 0 Å². The molecular weight excluding hydrogens is 430 g/mol. The van der Waals surface area contributed by atoms with Crippen LogP contribution >= 0.6 is 27.3 Å². The minimum absolute atomic E-state index is 0.367. The molecule has 0 fully saturated rings. The molecule has 3 heterocycles. The number of rotatable bonds is 8. The topological polar surface area (TPSA) is 75.9 Å². The molecule has 1 N–H and O–H groups in total. The second-order valence-electron chi connectivity index (χ2n) is 6.59. The van der Waals surface area contributed by atoms with Gasteiger partial charge in [0.25, 0.3) is 5.56 Å². The largest absolute Gasteiger partial charge is 0.330 e. The molecule has 0 amide bonds. The van der Waals surface area contributed by atoms with Crippen molar-refractivity contribution in [1.29, 1.82) is 0 Å². The number of aryl methyl sites for hydroxylation is 2. The number of aromatic amines is 1. The standard InChI is InChI=1S/C18H24BrN5O2S/c1-4-6-9-24-16-15(17(25)21-18(24)26)23(5-2)14(20-16)11-22(3)10-12-7-8-13(19)27-12/h7-8H,4-6,9-11H2,1-3H3,(H,21,25,26). The first kappa shape index (κ1) is 20.0. The van der Waals surface area contributed by atoms with Crippen LogP contribution in [0.3, 0.4) is 0 Å². The third-order valence-electron chi connectivity index (χ3n) is 4.48. The third-order valence-corrected chi connectivity index (χ3v) is 6.09. The summed E-state index contributed by atoms with van der Waals surface area (Å²) in [5, 5.41) is 0. The lowest BCUT2D eigenvalue weighted by molar-refractivity contribution is 0.309. The summed E-state index contributed by atoms with van der Waals surface area (Å²) in [5.41, 5.74) is 0.218. The molecule has 146 valence electrons. The summed E-state index contributed by atoms with van der Waals surface area (Å²) in [6, 6.07) is 4.14. The Hall–Kier alpha value is -1.71. The number of H-pyrrole nitrogens is 1. The van der Waals surface area contributed by atoms with Gasteiger partial charge in [-0.05, 0) is 48.5 Å². The van der Waals surface area contributed by atoms with Crippen LogP contribution in [-0.4, -0.2) is 31.0 Å². The van der Waals surface area contributed by atoms with E-state index in [2.05, 4.69) is 38.8 Å². The van der Waals surface area contributed by atoms with Gasteiger partial charge in [-0.3, -0.25) is 19.2 Å². The first-order valence-electron chi connectivity index (χ1n) is 9.09. The SMILES string of the molecule is CCCCn1c(=O)[nH]c(=O)c2c1nc(CN(C)Cc1ccc(Br)s1)n2CC. The number of imidazole rings is 1.